The lowest BCUT2D eigenvalue weighted by molar-refractivity contribution is -0.133. The van der Waals surface area contributed by atoms with Crippen molar-refractivity contribution in [3.8, 4) is 0 Å². The molecule has 0 aromatic heterocycles. The Morgan fingerprint density at radius 3 is 2.87 bits per heavy atom. The van der Waals surface area contributed by atoms with Gasteiger partial charge >= 0.3 is 0 Å². The SMILES string of the molecule is NCC1CCN(C(=O)[C@H]2CCC(=O)N2)C1. The van der Waals surface area contributed by atoms with Gasteiger partial charge in [-0.2, -0.15) is 0 Å². The fraction of sp³-hybridized carbons (Fsp3) is 0.800. The van der Waals surface area contributed by atoms with Gasteiger partial charge in [-0.25, -0.2) is 0 Å². The third kappa shape index (κ3) is 2.12. The molecule has 1 unspecified atom stereocenters. The number of rotatable bonds is 2. The van der Waals surface area contributed by atoms with Crippen LogP contribution in [-0.4, -0.2) is 42.4 Å². The summed E-state index contributed by atoms with van der Waals surface area (Å²) in [5, 5.41) is 2.70. The molecule has 0 bridgehead atoms. The molecule has 0 saturated carbocycles. The zero-order valence-electron chi connectivity index (χ0n) is 8.74. The first-order valence-electron chi connectivity index (χ1n) is 5.49. The van der Waals surface area contributed by atoms with E-state index in [1.807, 2.05) is 4.90 Å². The molecule has 0 aromatic rings. The minimum Gasteiger partial charge on any atom is -0.344 e. The minimum atomic E-state index is -0.283. The lowest BCUT2D eigenvalue weighted by Gasteiger charge is -2.20. The summed E-state index contributed by atoms with van der Waals surface area (Å²) in [7, 11) is 0. The second kappa shape index (κ2) is 4.18. The van der Waals surface area contributed by atoms with Crippen molar-refractivity contribution in [3.63, 3.8) is 0 Å². The number of nitrogens with two attached hydrogens (primary N) is 1. The van der Waals surface area contributed by atoms with Crippen molar-refractivity contribution in [1.29, 1.82) is 0 Å². The van der Waals surface area contributed by atoms with Gasteiger partial charge in [0, 0.05) is 19.5 Å². The fourth-order valence-corrected chi connectivity index (χ4v) is 2.24. The summed E-state index contributed by atoms with van der Waals surface area (Å²) in [5.41, 5.74) is 5.56. The first kappa shape index (κ1) is 10.4. The van der Waals surface area contributed by atoms with Gasteiger partial charge in [0.25, 0.3) is 0 Å². The van der Waals surface area contributed by atoms with Crippen molar-refractivity contribution in [1.82, 2.24) is 10.2 Å². The maximum absolute atomic E-state index is 11.9. The van der Waals surface area contributed by atoms with E-state index in [0.717, 1.165) is 19.5 Å². The normalized spacial score (nSPS) is 30.7. The maximum atomic E-state index is 11.9. The van der Waals surface area contributed by atoms with Crippen LogP contribution >= 0.6 is 0 Å². The molecular formula is C10H17N3O2. The van der Waals surface area contributed by atoms with Crippen LogP contribution in [0.5, 0.6) is 0 Å². The van der Waals surface area contributed by atoms with E-state index in [4.69, 9.17) is 5.73 Å². The lowest BCUT2D eigenvalue weighted by Crippen LogP contribution is -2.43. The summed E-state index contributed by atoms with van der Waals surface area (Å²) >= 11 is 0. The average molecular weight is 211 g/mol. The Kier molecular flexibility index (Phi) is 2.90. The molecule has 2 atom stereocenters. The van der Waals surface area contributed by atoms with Crippen LogP contribution in [0, 0.1) is 5.92 Å². The van der Waals surface area contributed by atoms with Gasteiger partial charge < -0.3 is 16.0 Å². The highest BCUT2D eigenvalue weighted by Crippen LogP contribution is 2.18. The first-order chi connectivity index (χ1) is 7.20. The smallest absolute Gasteiger partial charge is 0.245 e. The Morgan fingerprint density at radius 1 is 1.53 bits per heavy atom. The van der Waals surface area contributed by atoms with Gasteiger partial charge in [-0.3, -0.25) is 9.59 Å². The number of nitrogens with zero attached hydrogens (tertiary/aromatic N) is 1. The quantitative estimate of drug-likeness (QED) is 0.620. The van der Waals surface area contributed by atoms with E-state index < -0.39 is 0 Å². The zero-order valence-corrected chi connectivity index (χ0v) is 8.74. The largest absolute Gasteiger partial charge is 0.344 e. The highest BCUT2D eigenvalue weighted by molar-refractivity contribution is 5.90. The monoisotopic (exact) mass is 211 g/mol. The summed E-state index contributed by atoms with van der Waals surface area (Å²) in [6.45, 7) is 2.18. The number of amides is 2. The van der Waals surface area contributed by atoms with Crippen molar-refractivity contribution < 1.29 is 9.59 Å². The Morgan fingerprint density at radius 2 is 2.33 bits per heavy atom. The third-order valence-electron chi connectivity index (χ3n) is 3.22. The highest BCUT2D eigenvalue weighted by atomic mass is 16.2. The summed E-state index contributed by atoms with van der Waals surface area (Å²) in [5.74, 6) is 0.491. The molecule has 5 heteroatoms. The predicted molar refractivity (Wildman–Crippen MR) is 54.9 cm³/mol. The van der Waals surface area contributed by atoms with Gasteiger partial charge in [0.05, 0.1) is 0 Å². The molecule has 2 aliphatic rings. The molecule has 0 aromatic carbocycles. The van der Waals surface area contributed by atoms with Crippen molar-refractivity contribution in [2.24, 2.45) is 11.7 Å². The van der Waals surface area contributed by atoms with Gasteiger partial charge in [0.1, 0.15) is 6.04 Å². The summed E-state index contributed by atoms with van der Waals surface area (Å²) in [6.07, 6.45) is 2.11. The molecule has 84 valence electrons. The molecule has 15 heavy (non-hydrogen) atoms. The van der Waals surface area contributed by atoms with E-state index >= 15 is 0 Å². The van der Waals surface area contributed by atoms with E-state index in [1.54, 1.807) is 0 Å². The van der Waals surface area contributed by atoms with Gasteiger partial charge in [0.15, 0.2) is 0 Å². The topological polar surface area (TPSA) is 75.4 Å². The number of hydrogen-bond donors (Lipinski definition) is 2. The van der Waals surface area contributed by atoms with Crippen LogP contribution < -0.4 is 11.1 Å². The second-order valence-electron chi connectivity index (χ2n) is 4.33. The number of nitrogens with one attached hydrogen (secondary N) is 1. The number of hydrogen-bond acceptors (Lipinski definition) is 3. The summed E-state index contributed by atoms with van der Waals surface area (Å²) in [4.78, 5) is 24.7. The van der Waals surface area contributed by atoms with E-state index in [-0.39, 0.29) is 17.9 Å². The molecule has 3 N–H and O–H groups in total. The molecule has 0 aliphatic carbocycles. The van der Waals surface area contributed by atoms with Crippen LogP contribution in [0.1, 0.15) is 19.3 Å². The summed E-state index contributed by atoms with van der Waals surface area (Å²) < 4.78 is 0. The van der Waals surface area contributed by atoms with Crippen LogP contribution in [0.2, 0.25) is 0 Å². The highest BCUT2D eigenvalue weighted by Gasteiger charge is 2.33. The Balaban J connectivity index is 1.89. The Labute approximate surface area is 89.0 Å². The molecule has 2 heterocycles. The van der Waals surface area contributed by atoms with Crippen molar-refractivity contribution in [2.45, 2.75) is 25.3 Å². The van der Waals surface area contributed by atoms with Gasteiger partial charge in [-0.1, -0.05) is 0 Å². The molecule has 2 fully saturated rings. The fourth-order valence-electron chi connectivity index (χ4n) is 2.24. The van der Waals surface area contributed by atoms with E-state index in [2.05, 4.69) is 5.32 Å². The predicted octanol–water partition coefficient (Wildman–Crippen LogP) is -0.928. The van der Waals surface area contributed by atoms with E-state index in [0.29, 0.717) is 25.3 Å². The van der Waals surface area contributed by atoms with Crippen molar-refractivity contribution in [3.05, 3.63) is 0 Å². The summed E-state index contributed by atoms with van der Waals surface area (Å²) in [6, 6.07) is -0.283. The van der Waals surface area contributed by atoms with E-state index in [1.165, 1.54) is 0 Å². The van der Waals surface area contributed by atoms with Gasteiger partial charge in [-0.15, -0.1) is 0 Å². The molecule has 2 saturated heterocycles. The number of likely N-dealkylation sites (tertiary alicyclic amines) is 1. The van der Waals surface area contributed by atoms with Crippen molar-refractivity contribution >= 4 is 11.8 Å². The Bertz CT molecular complexity index is 280. The molecule has 2 amide bonds. The molecular weight excluding hydrogens is 194 g/mol. The van der Waals surface area contributed by atoms with Gasteiger partial charge in [0.2, 0.25) is 11.8 Å². The van der Waals surface area contributed by atoms with Crippen molar-refractivity contribution in [2.75, 3.05) is 19.6 Å². The first-order valence-corrected chi connectivity index (χ1v) is 5.49. The Hall–Kier alpha value is -1.10. The van der Waals surface area contributed by atoms with E-state index in [9.17, 15) is 9.59 Å². The van der Waals surface area contributed by atoms with Crippen LogP contribution in [0.4, 0.5) is 0 Å². The average Bonchev–Trinajstić information content (AvgIpc) is 2.84. The van der Waals surface area contributed by atoms with Crippen LogP contribution in [0.15, 0.2) is 0 Å². The molecule has 2 aliphatic heterocycles. The molecule has 2 rings (SSSR count). The zero-order chi connectivity index (χ0) is 10.8. The van der Waals surface area contributed by atoms with Crippen LogP contribution in [0.25, 0.3) is 0 Å². The van der Waals surface area contributed by atoms with Gasteiger partial charge in [-0.05, 0) is 25.3 Å². The van der Waals surface area contributed by atoms with Crippen LogP contribution in [0.3, 0.4) is 0 Å². The number of carbonyl (C=O) groups is 2. The van der Waals surface area contributed by atoms with Crippen LogP contribution in [-0.2, 0) is 9.59 Å². The standard InChI is InChI=1S/C10H17N3O2/c11-5-7-3-4-13(6-7)10(15)8-1-2-9(14)12-8/h7-8H,1-6,11H2,(H,12,14)/t7?,8-/m1/s1. The number of carbonyl (C=O) groups excluding carboxylic acids is 2. The second-order valence-corrected chi connectivity index (χ2v) is 4.33. The molecule has 0 spiro atoms. The minimum absolute atomic E-state index is 0.0112. The third-order valence-corrected chi connectivity index (χ3v) is 3.22. The molecule has 0 radical (unpaired) electrons. The maximum Gasteiger partial charge on any atom is 0.245 e. The lowest BCUT2D eigenvalue weighted by atomic mass is 10.1. The molecule has 5 nitrogen and oxygen atoms in total.